The van der Waals surface area contributed by atoms with E-state index in [0.29, 0.717) is 13.2 Å². The number of nitrogens with zero attached hydrogens (tertiary/aromatic N) is 1. The lowest BCUT2D eigenvalue weighted by atomic mass is 10.3. The molecule has 1 fully saturated rings. The van der Waals surface area contributed by atoms with Gasteiger partial charge in [-0.2, -0.15) is 0 Å². The first kappa shape index (κ1) is 15.6. The molecule has 1 aliphatic heterocycles. The Morgan fingerprint density at radius 3 is 2.86 bits per heavy atom. The van der Waals surface area contributed by atoms with Crippen molar-refractivity contribution in [2.75, 3.05) is 26.3 Å². The van der Waals surface area contributed by atoms with Gasteiger partial charge in [-0.25, -0.2) is 13.6 Å². The highest BCUT2D eigenvalue weighted by molar-refractivity contribution is 7.89. The van der Waals surface area contributed by atoms with Crippen molar-refractivity contribution in [3.05, 3.63) is 28.3 Å². The lowest BCUT2D eigenvalue weighted by Crippen LogP contribution is -2.41. The van der Waals surface area contributed by atoms with E-state index in [2.05, 4.69) is 5.32 Å². The molecular formula is C11H15N3O6S. The first-order chi connectivity index (χ1) is 9.88. The van der Waals surface area contributed by atoms with Gasteiger partial charge in [-0.05, 0) is 12.1 Å². The number of morpholine rings is 1. The molecule has 1 aromatic carbocycles. The summed E-state index contributed by atoms with van der Waals surface area (Å²) in [6.45, 7) is 2.01. The first-order valence-corrected chi connectivity index (χ1v) is 7.69. The van der Waals surface area contributed by atoms with Crippen molar-refractivity contribution < 1.29 is 22.8 Å². The zero-order chi connectivity index (χ0) is 15.5. The van der Waals surface area contributed by atoms with Crippen LogP contribution in [-0.2, 0) is 14.8 Å². The summed E-state index contributed by atoms with van der Waals surface area (Å²) in [5, 5.41) is 19.0. The van der Waals surface area contributed by atoms with Crippen LogP contribution in [0.25, 0.3) is 0 Å². The molecule has 1 atom stereocenters. The Kier molecular flexibility index (Phi) is 4.73. The van der Waals surface area contributed by atoms with Gasteiger partial charge >= 0.3 is 5.69 Å². The summed E-state index contributed by atoms with van der Waals surface area (Å²) in [5.41, 5.74) is -0.453. The third kappa shape index (κ3) is 4.11. The maximum Gasteiger partial charge on any atom is 0.312 e. The van der Waals surface area contributed by atoms with E-state index in [-0.39, 0.29) is 23.4 Å². The van der Waals surface area contributed by atoms with Crippen molar-refractivity contribution in [2.24, 2.45) is 5.14 Å². The summed E-state index contributed by atoms with van der Waals surface area (Å²) >= 11 is 0. The van der Waals surface area contributed by atoms with Crippen molar-refractivity contribution >= 4 is 15.7 Å². The molecule has 21 heavy (non-hydrogen) atoms. The largest absolute Gasteiger partial charge is 0.484 e. The molecule has 116 valence electrons. The fourth-order valence-electron chi connectivity index (χ4n) is 1.85. The molecule has 0 aromatic heterocycles. The molecule has 2 rings (SSSR count). The van der Waals surface area contributed by atoms with Gasteiger partial charge in [0.1, 0.15) is 12.7 Å². The van der Waals surface area contributed by atoms with Gasteiger partial charge in [-0.15, -0.1) is 0 Å². The zero-order valence-corrected chi connectivity index (χ0v) is 11.8. The highest BCUT2D eigenvalue weighted by Crippen LogP contribution is 2.29. The average Bonchev–Trinajstić information content (AvgIpc) is 2.45. The summed E-state index contributed by atoms with van der Waals surface area (Å²) < 4.78 is 33.2. The molecule has 1 aliphatic rings. The number of nitrogens with two attached hydrogens (primary N) is 1. The Hall–Kier alpha value is -1.75. The van der Waals surface area contributed by atoms with Crippen molar-refractivity contribution in [3.63, 3.8) is 0 Å². The van der Waals surface area contributed by atoms with Gasteiger partial charge in [0.05, 0.1) is 16.4 Å². The van der Waals surface area contributed by atoms with E-state index in [1.165, 1.54) is 6.07 Å². The fourth-order valence-corrected chi connectivity index (χ4v) is 2.38. The monoisotopic (exact) mass is 317 g/mol. The van der Waals surface area contributed by atoms with Gasteiger partial charge in [0, 0.05) is 19.2 Å². The highest BCUT2D eigenvalue weighted by atomic mass is 32.2. The van der Waals surface area contributed by atoms with E-state index in [1.807, 2.05) is 0 Å². The van der Waals surface area contributed by atoms with Crippen LogP contribution in [-0.4, -0.2) is 45.7 Å². The smallest absolute Gasteiger partial charge is 0.312 e. The maximum absolute atomic E-state index is 11.2. The molecular weight excluding hydrogens is 302 g/mol. The molecule has 0 aliphatic carbocycles. The average molecular weight is 317 g/mol. The Morgan fingerprint density at radius 2 is 2.29 bits per heavy atom. The van der Waals surface area contributed by atoms with Crippen LogP contribution in [0.2, 0.25) is 0 Å². The molecule has 0 spiro atoms. The van der Waals surface area contributed by atoms with E-state index in [4.69, 9.17) is 14.6 Å². The van der Waals surface area contributed by atoms with Crippen LogP contribution in [0.3, 0.4) is 0 Å². The number of benzene rings is 1. The number of nitro benzene ring substituents is 1. The molecule has 0 bridgehead atoms. The van der Waals surface area contributed by atoms with Crippen LogP contribution in [0, 0.1) is 10.1 Å². The SMILES string of the molecule is NS(=O)(=O)c1ccc(OCC2CNCCO2)c([N+](=O)[O-])c1. The Morgan fingerprint density at radius 1 is 1.52 bits per heavy atom. The molecule has 3 N–H and O–H groups in total. The first-order valence-electron chi connectivity index (χ1n) is 6.14. The molecule has 1 unspecified atom stereocenters. The van der Waals surface area contributed by atoms with Crippen LogP contribution >= 0.6 is 0 Å². The van der Waals surface area contributed by atoms with Gasteiger partial charge in [-0.3, -0.25) is 10.1 Å². The standard InChI is InChI=1S/C11H15N3O6S/c12-21(17,18)9-1-2-11(10(5-9)14(15)16)20-7-8-6-13-3-4-19-8/h1-2,5,8,13H,3-4,6-7H2,(H2,12,17,18). The van der Waals surface area contributed by atoms with Crippen molar-refractivity contribution in [3.8, 4) is 5.75 Å². The van der Waals surface area contributed by atoms with E-state index < -0.39 is 20.6 Å². The summed E-state index contributed by atoms with van der Waals surface area (Å²) in [7, 11) is -4.01. The van der Waals surface area contributed by atoms with E-state index in [9.17, 15) is 18.5 Å². The Balaban J connectivity index is 2.16. The number of rotatable bonds is 5. The Labute approximate surface area is 121 Å². The lowest BCUT2D eigenvalue weighted by Gasteiger charge is -2.23. The second kappa shape index (κ2) is 6.35. The van der Waals surface area contributed by atoms with Gasteiger partial charge in [-0.1, -0.05) is 0 Å². The van der Waals surface area contributed by atoms with Gasteiger partial charge in [0.2, 0.25) is 10.0 Å². The molecule has 1 saturated heterocycles. The molecule has 0 radical (unpaired) electrons. The summed E-state index contributed by atoms with van der Waals surface area (Å²) in [6.07, 6.45) is -0.212. The number of hydrogen-bond acceptors (Lipinski definition) is 7. The second-order valence-electron chi connectivity index (χ2n) is 4.44. The molecule has 10 heteroatoms. The third-order valence-electron chi connectivity index (χ3n) is 2.88. The highest BCUT2D eigenvalue weighted by Gasteiger charge is 2.22. The van der Waals surface area contributed by atoms with Gasteiger partial charge in [0.15, 0.2) is 5.75 Å². The summed E-state index contributed by atoms with van der Waals surface area (Å²) in [4.78, 5) is 9.94. The number of nitrogens with one attached hydrogen (secondary N) is 1. The minimum Gasteiger partial charge on any atom is -0.484 e. The number of sulfonamides is 1. The minimum absolute atomic E-state index is 0.0263. The van der Waals surface area contributed by atoms with Crippen LogP contribution in [0.5, 0.6) is 5.75 Å². The summed E-state index contributed by atoms with van der Waals surface area (Å²) in [6, 6.07) is 3.26. The van der Waals surface area contributed by atoms with Gasteiger partial charge < -0.3 is 14.8 Å². The number of hydrogen-bond donors (Lipinski definition) is 2. The predicted octanol–water partition coefficient (Wildman–Crippen LogP) is -0.391. The van der Waals surface area contributed by atoms with Crippen LogP contribution in [0.1, 0.15) is 0 Å². The van der Waals surface area contributed by atoms with Crippen LogP contribution in [0.15, 0.2) is 23.1 Å². The van der Waals surface area contributed by atoms with Crippen LogP contribution < -0.4 is 15.2 Å². The van der Waals surface area contributed by atoms with Crippen molar-refractivity contribution in [1.82, 2.24) is 5.32 Å². The zero-order valence-electron chi connectivity index (χ0n) is 11.0. The lowest BCUT2D eigenvalue weighted by molar-refractivity contribution is -0.386. The van der Waals surface area contributed by atoms with E-state index in [1.54, 1.807) is 0 Å². The van der Waals surface area contributed by atoms with E-state index >= 15 is 0 Å². The maximum atomic E-state index is 11.2. The Bertz CT molecular complexity index is 627. The molecule has 0 amide bonds. The quantitative estimate of drug-likeness (QED) is 0.558. The van der Waals surface area contributed by atoms with Crippen LogP contribution in [0.4, 0.5) is 5.69 Å². The van der Waals surface area contributed by atoms with E-state index in [0.717, 1.165) is 18.7 Å². The number of ether oxygens (including phenoxy) is 2. The van der Waals surface area contributed by atoms with Gasteiger partial charge in [0.25, 0.3) is 0 Å². The number of nitro groups is 1. The number of primary sulfonamides is 1. The molecule has 1 heterocycles. The fraction of sp³-hybridized carbons (Fsp3) is 0.455. The topological polar surface area (TPSA) is 134 Å². The normalized spacial score (nSPS) is 19.2. The predicted molar refractivity (Wildman–Crippen MR) is 72.6 cm³/mol. The second-order valence-corrected chi connectivity index (χ2v) is 6.00. The van der Waals surface area contributed by atoms with Crippen molar-refractivity contribution in [1.29, 1.82) is 0 Å². The third-order valence-corrected chi connectivity index (χ3v) is 3.80. The minimum atomic E-state index is -4.01. The summed E-state index contributed by atoms with van der Waals surface area (Å²) in [5.74, 6) is -0.0263. The molecule has 9 nitrogen and oxygen atoms in total. The molecule has 1 aromatic rings. The van der Waals surface area contributed by atoms with Crippen molar-refractivity contribution in [2.45, 2.75) is 11.0 Å². The molecule has 0 saturated carbocycles.